The molecule has 0 bridgehead atoms. The first-order chi connectivity index (χ1) is 9.52. The highest BCUT2D eigenvalue weighted by molar-refractivity contribution is 5.95. The summed E-state index contributed by atoms with van der Waals surface area (Å²) in [6.07, 6.45) is 0. The normalized spacial score (nSPS) is 18.9. The summed E-state index contributed by atoms with van der Waals surface area (Å²) in [4.78, 5) is 24.3. The van der Waals surface area contributed by atoms with Crippen molar-refractivity contribution in [3.63, 3.8) is 0 Å². The van der Waals surface area contributed by atoms with E-state index in [-0.39, 0.29) is 30.4 Å². The molecule has 1 atom stereocenters. The van der Waals surface area contributed by atoms with Gasteiger partial charge in [0.25, 0.3) is 11.6 Å². The Kier molecular flexibility index (Phi) is 4.31. The summed E-state index contributed by atoms with van der Waals surface area (Å²) < 4.78 is 5.21. The number of carbonyl (C=O) groups is 1. The first-order valence-corrected chi connectivity index (χ1v) is 6.28. The van der Waals surface area contributed by atoms with Crippen LogP contribution in [0.5, 0.6) is 0 Å². The third-order valence-electron chi connectivity index (χ3n) is 3.22. The fourth-order valence-electron chi connectivity index (χ4n) is 2.23. The molecule has 108 valence electrons. The first-order valence-electron chi connectivity index (χ1n) is 6.28. The third kappa shape index (κ3) is 2.94. The van der Waals surface area contributed by atoms with Crippen molar-refractivity contribution in [2.75, 3.05) is 26.4 Å². The molecule has 1 saturated heterocycles. The van der Waals surface area contributed by atoms with Crippen LogP contribution in [0.4, 0.5) is 5.69 Å². The number of nitro groups is 1. The van der Waals surface area contributed by atoms with E-state index < -0.39 is 11.0 Å². The number of hydrogen-bond acceptors (Lipinski definition) is 5. The van der Waals surface area contributed by atoms with Crippen LogP contribution in [0.25, 0.3) is 0 Å². The highest BCUT2D eigenvalue weighted by Gasteiger charge is 2.28. The average molecular weight is 280 g/mol. The highest BCUT2D eigenvalue weighted by Crippen LogP contribution is 2.20. The summed E-state index contributed by atoms with van der Waals surface area (Å²) in [5.41, 5.74) is 0.801. The summed E-state index contributed by atoms with van der Waals surface area (Å²) in [6, 6.07) is 3.88. The standard InChI is InChI=1S/C13H16N2O5/c1-9-4-10(6-11(5-9)15(18)19)13(17)14-2-3-20-8-12(14)7-16/h4-6,12,16H,2-3,7-8H2,1H3. The molecule has 2 rings (SSSR count). The topological polar surface area (TPSA) is 92.9 Å². The van der Waals surface area contributed by atoms with Gasteiger partial charge in [0.05, 0.1) is 30.8 Å². The van der Waals surface area contributed by atoms with Gasteiger partial charge in [0.2, 0.25) is 0 Å². The van der Waals surface area contributed by atoms with E-state index in [1.807, 2.05) is 0 Å². The summed E-state index contributed by atoms with van der Waals surface area (Å²) in [7, 11) is 0. The zero-order valence-corrected chi connectivity index (χ0v) is 11.1. The second-order valence-electron chi connectivity index (χ2n) is 4.72. The Balaban J connectivity index is 2.30. The maximum absolute atomic E-state index is 12.4. The predicted molar refractivity (Wildman–Crippen MR) is 70.6 cm³/mol. The van der Waals surface area contributed by atoms with Crippen LogP contribution >= 0.6 is 0 Å². The number of non-ortho nitro benzene ring substituents is 1. The summed E-state index contributed by atoms with van der Waals surface area (Å²) >= 11 is 0. The Bertz CT molecular complexity index is 531. The molecule has 0 saturated carbocycles. The second kappa shape index (κ2) is 5.98. The zero-order chi connectivity index (χ0) is 14.7. The van der Waals surface area contributed by atoms with Gasteiger partial charge in [0, 0.05) is 24.2 Å². The molecule has 0 radical (unpaired) electrons. The van der Waals surface area contributed by atoms with Gasteiger partial charge >= 0.3 is 0 Å². The Hall–Kier alpha value is -1.99. The van der Waals surface area contributed by atoms with Gasteiger partial charge in [-0.05, 0) is 18.6 Å². The molecular formula is C13H16N2O5. The minimum Gasteiger partial charge on any atom is -0.394 e. The monoisotopic (exact) mass is 280 g/mol. The zero-order valence-electron chi connectivity index (χ0n) is 11.1. The van der Waals surface area contributed by atoms with Crippen LogP contribution in [0.1, 0.15) is 15.9 Å². The fourth-order valence-corrected chi connectivity index (χ4v) is 2.23. The average Bonchev–Trinajstić information content (AvgIpc) is 2.45. The third-order valence-corrected chi connectivity index (χ3v) is 3.22. The van der Waals surface area contributed by atoms with Gasteiger partial charge in [-0.1, -0.05) is 0 Å². The largest absolute Gasteiger partial charge is 0.394 e. The molecule has 1 aromatic rings. The number of hydrogen-bond donors (Lipinski definition) is 1. The van der Waals surface area contributed by atoms with E-state index in [9.17, 15) is 20.0 Å². The lowest BCUT2D eigenvalue weighted by Gasteiger charge is -2.34. The molecule has 7 heteroatoms. The minimum atomic E-state index is -0.521. The van der Waals surface area contributed by atoms with Crippen molar-refractivity contribution in [3.05, 3.63) is 39.4 Å². The van der Waals surface area contributed by atoms with E-state index in [0.29, 0.717) is 18.7 Å². The van der Waals surface area contributed by atoms with Crippen molar-refractivity contribution in [1.82, 2.24) is 4.90 Å². The predicted octanol–water partition coefficient (Wildman–Crippen LogP) is 0.737. The van der Waals surface area contributed by atoms with Crippen LogP contribution < -0.4 is 0 Å². The number of nitro benzene ring substituents is 1. The van der Waals surface area contributed by atoms with Crippen molar-refractivity contribution in [2.45, 2.75) is 13.0 Å². The molecule has 1 aromatic carbocycles. The van der Waals surface area contributed by atoms with Crippen molar-refractivity contribution in [2.24, 2.45) is 0 Å². The molecule has 1 N–H and O–H groups in total. The summed E-state index contributed by atoms with van der Waals surface area (Å²) in [6.45, 7) is 2.55. The number of benzene rings is 1. The highest BCUT2D eigenvalue weighted by atomic mass is 16.6. The molecule has 0 aromatic heterocycles. The second-order valence-corrected chi connectivity index (χ2v) is 4.72. The lowest BCUT2D eigenvalue weighted by molar-refractivity contribution is -0.384. The van der Waals surface area contributed by atoms with Crippen LogP contribution in [0, 0.1) is 17.0 Å². The number of aliphatic hydroxyl groups excluding tert-OH is 1. The van der Waals surface area contributed by atoms with Crippen molar-refractivity contribution < 1.29 is 19.6 Å². The number of morpholine rings is 1. The van der Waals surface area contributed by atoms with E-state index in [1.165, 1.54) is 17.0 Å². The molecule has 7 nitrogen and oxygen atoms in total. The first kappa shape index (κ1) is 14.4. The Labute approximate surface area is 115 Å². The molecule has 1 aliphatic heterocycles. The molecular weight excluding hydrogens is 264 g/mol. The lowest BCUT2D eigenvalue weighted by Crippen LogP contribution is -2.50. The molecule has 0 aliphatic carbocycles. The molecule has 1 amide bonds. The van der Waals surface area contributed by atoms with Crippen LogP contribution in [-0.2, 0) is 4.74 Å². The van der Waals surface area contributed by atoms with Gasteiger partial charge in [0.1, 0.15) is 0 Å². The van der Waals surface area contributed by atoms with Gasteiger partial charge < -0.3 is 14.7 Å². The number of amides is 1. The maximum Gasteiger partial charge on any atom is 0.270 e. The van der Waals surface area contributed by atoms with Crippen LogP contribution in [0.3, 0.4) is 0 Å². The molecule has 1 aliphatic rings. The van der Waals surface area contributed by atoms with Crippen molar-refractivity contribution in [3.8, 4) is 0 Å². The Morgan fingerprint density at radius 3 is 2.95 bits per heavy atom. The summed E-state index contributed by atoms with van der Waals surface area (Å²) in [5.74, 6) is -0.320. The fraction of sp³-hybridized carbons (Fsp3) is 0.462. The maximum atomic E-state index is 12.4. The molecule has 0 spiro atoms. The van der Waals surface area contributed by atoms with E-state index in [4.69, 9.17) is 4.74 Å². The van der Waals surface area contributed by atoms with Crippen molar-refractivity contribution >= 4 is 11.6 Å². The quantitative estimate of drug-likeness (QED) is 0.651. The van der Waals surface area contributed by atoms with Gasteiger partial charge in [0.15, 0.2) is 0 Å². The number of rotatable bonds is 3. The Morgan fingerprint density at radius 1 is 1.55 bits per heavy atom. The number of aryl methyl sites for hydroxylation is 1. The SMILES string of the molecule is Cc1cc(C(=O)N2CCOCC2CO)cc([N+](=O)[O-])c1. The van der Waals surface area contributed by atoms with E-state index in [0.717, 1.165) is 0 Å². The molecule has 20 heavy (non-hydrogen) atoms. The minimum absolute atomic E-state index is 0.109. The van der Waals surface area contributed by atoms with Gasteiger partial charge in [-0.25, -0.2) is 0 Å². The van der Waals surface area contributed by atoms with Crippen LogP contribution in [0.15, 0.2) is 18.2 Å². The van der Waals surface area contributed by atoms with Gasteiger partial charge in [-0.15, -0.1) is 0 Å². The number of nitrogens with zero attached hydrogens (tertiary/aromatic N) is 2. The Morgan fingerprint density at radius 2 is 2.30 bits per heavy atom. The van der Waals surface area contributed by atoms with E-state index in [2.05, 4.69) is 0 Å². The number of carbonyl (C=O) groups excluding carboxylic acids is 1. The molecule has 1 heterocycles. The van der Waals surface area contributed by atoms with Crippen LogP contribution in [0.2, 0.25) is 0 Å². The number of aliphatic hydroxyl groups is 1. The van der Waals surface area contributed by atoms with E-state index >= 15 is 0 Å². The number of ether oxygens (including phenoxy) is 1. The molecule has 1 unspecified atom stereocenters. The van der Waals surface area contributed by atoms with Gasteiger partial charge in [-0.2, -0.15) is 0 Å². The van der Waals surface area contributed by atoms with Crippen molar-refractivity contribution in [1.29, 1.82) is 0 Å². The van der Waals surface area contributed by atoms with Gasteiger partial charge in [-0.3, -0.25) is 14.9 Å². The molecule has 1 fully saturated rings. The van der Waals surface area contributed by atoms with E-state index in [1.54, 1.807) is 13.0 Å². The lowest BCUT2D eigenvalue weighted by atomic mass is 10.1. The smallest absolute Gasteiger partial charge is 0.270 e. The van der Waals surface area contributed by atoms with Crippen LogP contribution in [-0.4, -0.2) is 53.2 Å². The summed E-state index contributed by atoms with van der Waals surface area (Å²) in [5, 5.41) is 20.1.